The van der Waals surface area contributed by atoms with E-state index >= 15 is 0 Å². The first-order chi connectivity index (χ1) is 9.25. The minimum atomic E-state index is -0.826. The van der Waals surface area contributed by atoms with Crippen LogP contribution in [0, 0.1) is 11.8 Å². The number of esters is 1. The largest absolute Gasteiger partial charge is 0.418 e. The van der Waals surface area contributed by atoms with E-state index in [1.165, 1.54) is 4.90 Å². The lowest BCUT2D eigenvalue weighted by atomic mass is 10.2. The fraction of sp³-hybridized carbons (Fsp3) is 0.286. The Balaban J connectivity index is 1.87. The average molecular weight is 258 g/mol. The number of ether oxygens (including phenoxy) is 1. The molecule has 1 amide bonds. The number of rotatable bonds is 0. The Morgan fingerprint density at radius 2 is 1.84 bits per heavy atom. The Morgan fingerprint density at radius 3 is 2.53 bits per heavy atom. The molecule has 0 aliphatic carbocycles. The highest BCUT2D eigenvalue weighted by atomic mass is 16.6. The van der Waals surface area contributed by atoms with Crippen LogP contribution in [0.15, 0.2) is 30.3 Å². The third kappa shape index (κ3) is 4.12. The average Bonchev–Trinajstić information content (AvgIpc) is 2.47. The number of hydrogen-bond donors (Lipinski definition) is 1. The normalized spacial score (nSPS) is 14.2. The van der Waals surface area contributed by atoms with E-state index in [0.717, 1.165) is 0 Å². The lowest BCUT2D eigenvalue weighted by Gasteiger charge is -2.25. The van der Waals surface area contributed by atoms with Crippen LogP contribution < -0.4 is 5.32 Å². The topological polar surface area (TPSA) is 58.6 Å². The van der Waals surface area contributed by atoms with E-state index in [-0.39, 0.29) is 0 Å². The van der Waals surface area contributed by atoms with Gasteiger partial charge in [-0.2, -0.15) is 0 Å². The van der Waals surface area contributed by atoms with Gasteiger partial charge in [0.2, 0.25) is 0 Å². The highest BCUT2D eigenvalue weighted by Gasteiger charge is 2.19. The molecule has 1 fully saturated rings. The van der Waals surface area contributed by atoms with Gasteiger partial charge in [-0.3, -0.25) is 0 Å². The smallest absolute Gasteiger partial charge is 0.366 e. The molecule has 0 saturated carbocycles. The summed E-state index contributed by atoms with van der Waals surface area (Å²) in [5, 5.41) is 3.11. The van der Waals surface area contributed by atoms with Crippen LogP contribution in [0.25, 0.3) is 0 Å². The number of hydrogen-bond acceptors (Lipinski definition) is 4. The number of carbonyl (C=O) groups excluding carboxylic acids is 2. The molecule has 0 bridgehead atoms. The minimum absolute atomic E-state index is 0.540. The van der Waals surface area contributed by atoms with Gasteiger partial charge >= 0.3 is 12.1 Å². The van der Waals surface area contributed by atoms with Crippen molar-refractivity contribution in [1.82, 2.24) is 10.2 Å². The third-order valence-electron chi connectivity index (χ3n) is 2.64. The molecule has 1 saturated heterocycles. The summed E-state index contributed by atoms with van der Waals surface area (Å²) >= 11 is 0. The molecule has 5 nitrogen and oxygen atoms in total. The second kappa shape index (κ2) is 6.57. The van der Waals surface area contributed by atoms with E-state index in [1.807, 2.05) is 18.2 Å². The molecule has 0 spiro atoms. The van der Waals surface area contributed by atoms with Crippen LogP contribution in [-0.2, 0) is 9.53 Å². The highest BCUT2D eigenvalue weighted by Crippen LogP contribution is 1.98. The number of carbonyl (C=O) groups is 2. The van der Waals surface area contributed by atoms with Crippen molar-refractivity contribution in [2.45, 2.75) is 0 Å². The first-order valence-corrected chi connectivity index (χ1v) is 6.04. The maximum absolute atomic E-state index is 11.6. The van der Waals surface area contributed by atoms with E-state index in [4.69, 9.17) is 0 Å². The fourth-order valence-electron chi connectivity index (χ4n) is 1.66. The van der Waals surface area contributed by atoms with Crippen LogP contribution in [0.2, 0.25) is 0 Å². The molecule has 19 heavy (non-hydrogen) atoms. The van der Waals surface area contributed by atoms with Crippen molar-refractivity contribution in [2.75, 3.05) is 26.2 Å². The van der Waals surface area contributed by atoms with E-state index in [2.05, 4.69) is 21.9 Å². The summed E-state index contributed by atoms with van der Waals surface area (Å²) in [6.07, 6.45) is -0.631. The highest BCUT2D eigenvalue weighted by molar-refractivity contribution is 5.96. The van der Waals surface area contributed by atoms with Gasteiger partial charge < -0.3 is 15.0 Å². The van der Waals surface area contributed by atoms with Gasteiger partial charge in [-0.15, -0.1) is 0 Å². The van der Waals surface area contributed by atoms with Crippen LogP contribution in [0.4, 0.5) is 4.79 Å². The van der Waals surface area contributed by atoms with Gasteiger partial charge in [-0.25, -0.2) is 9.59 Å². The molecule has 98 valence electrons. The summed E-state index contributed by atoms with van der Waals surface area (Å²) in [6, 6.07) is 9.05. The van der Waals surface area contributed by atoms with Crippen molar-refractivity contribution in [3.63, 3.8) is 0 Å². The second-order valence-corrected chi connectivity index (χ2v) is 4.01. The van der Waals surface area contributed by atoms with Crippen LogP contribution in [-0.4, -0.2) is 43.1 Å². The number of nitrogens with one attached hydrogen (secondary N) is 1. The molecule has 0 radical (unpaired) electrons. The molecule has 1 aromatic rings. The maximum atomic E-state index is 11.6. The molecule has 0 aromatic heterocycles. The second-order valence-electron chi connectivity index (χ2n) is 4.01. The molecule has 1 aromatic carbocycles. The Hall–Kier alpha value is -2.32. The first kappa shape index (κ1) is 13.1. The van der Waals surface area contributed by atoms with Gasteiger partial charge in [-0.05, 0) is 12.1 Å². The van der Waals surface area contributed by atoms with Crippen molar-refractivity contribution in [3.05, 3.63) is 35.9 Å². The summed E-state index contributed by atoms with van der Waals surface area (Å²) in [5.41, 5.74) is 0.703. The van der Waals surface area contributed by atoms with Crippen LogP contribution in [0.1, 0.15) is 5.56 Å². The predicted molar refractivity (Wildman–Crippen MR) is 69.3 cm³/mol. The quantitative estimate of drug-likeness (QED) is 0.421. The Morgan fingerprint density at radius 1 is 1.16 bits per heavy atom. The summed E-state index contributed by atoms with van der Waals surface area (Å²) in [6.45, 7) is 2.49. The summed E-state index contributed by atoms with van der Waals surface area (Å²) in [5.74, 6) is 4.11. The lowest BCUT2D eigenvalue weighted by molar-refractivity contribution is -0.131. The number of piperazine rings is 1. The molecule has 0 atom stereocenters. The zero-order valence-electron chi connectivity index (χ0n) is 10.4. The van der Waals surface area contributed by atoms with Crippen molar-refractivity contribution >= 4 is 12.1 Å². The fourth-order valence-corrected chi connectivity index (χ4v) is 1.66. The summed E-state index contributed by atoms with van der Waals surface area (Å²) in [7, 11) is 0. The van der Waals surface area contributed by atoms with Gasteiger partial charge in [0.1, 0.15) is 0 Å². The van der Waals surface area contributed by atoms with Gasteiger partial charge in [0, 0.05) is 37.7 Å². The Kier molecular flexibility index (Phi) is 4.54. The molecule has 0 unspecified atom stereocenters. The SMILES string of the molecule is O=C(C#Cc1ccccc1)OC(=O)N1CCNCC1. The maximum Gasteiger partial charge on any atom is 0.418 e. The summed E-state index contributed by atoms with van der Waals surface area (Å²) < 4.78 is 4.66. The number of benzene rings is 1. The number of nitrogens with zero attached hydrogens (tertiary/aromatic N) is 1. The van der Waals surface area contributed by atoms with Gasteiger partial charge in [0.15, 0.2) is 0 Å². The van der Waals surface area contributed by atoms with E-state index in [9.17, 15) is 9.59 Å². The molecular weight excluding hydrogens is 244 g/mol. The standard InChI is InChI=1S/C14H14N2O3/c17-13(7-6-12-4-2-1-3-5-12)19-14(18)16-10-8-15-9-11-16/h1-5,15H,8-11H2. The van der Waals surface area contributed by atoms with E-state index < -0.39 is 12.1 Å². The molecule has 1 heterocycles. The zero-order chi connectivity index (χ0) is 13.5. The number of amides is 1. The Labute approximate surface area is 111 Å². The monoisotopic (exact) mass is 258 g/mol. The molecule has 2 rings (SSSR count). The van der Waals surface area contributed by atoms with Gasteiger partial charge in [0.05, 0.1) is 0 Å². The summed E-state index contributed by atoms with van der Waals surface area (Å²) in [4.78, 5) is 24.5. The van der Waals surface area contributed by atoms with Gasteiger partial charge in [0.25, 0.3) is 0 Å². The van der Waals surface area contributed by atoms with Crippen LogP contribution in [0.3, 0.4) is 0 Å². The van der Waals surface area contributed by atoms with Gasteiger partial charge in [-0.1, -0.05) is 24.1 Å². The third-order valence-corrected chi connectivity index (χ3v) is 2.64. The minimum Gasteiger partial charge on any atom is -0.366 e. The predicted octanol–water partition coefficient (Wildman–Crippen LogP) is 0.606. The van der Waals surface area contributed by atoms with Crippen molar-refractivity contribution in [3.8, 4) is 11.8 Å². The van der Waals surface area contributed by atoms with Crippen LogP contribution >= 0.6 is 0 Å². The van der Waals surface area contributed by atoms with Crippen LogP contribution in [0.5, 0.6) is 0 Å². The molecule has 5 heteroatoms. The van der Waals surface area contributed by atoms with Crippen molar-refractivity contribution in [1.29, 1.82) is 0 Å². The van der Waals surface area contributed by atoms with Crippen molar-refractivity contribution in [2.24, 2.45) is 0 Å². The van der Waals surface area contributed by atoms with Crippen molar-refractivity contribution < 1.29 is 14.3 Å². The first-order valence-electron chi connectivity index (χ1n) is 6.04. The zero-order valence-corrected chi connectivity index (χ0v) is 10.4. The molecular formula is C14H14N2O3. The molecule has 1 aliphatic heterocycles. The molecule has 1 N–H and O–H groups in total. The van der Waals surface area contributed by atoms with E-state index in [1.54, 1.807) is 12.1 Å². The Bertz CT molecular complexity index is 510. The van der Waals surface area contributed by atoms with E-state index in [0.29, 0.717) is 31.7 Å². The molecule has 1 aliphatic rings. The lowest BCUT2D eigenvalue weighted by Crippen LogP contribution is -2.47.